The lowest BCUT2D eigenvalue weighted by Gasteiger charge is -2.07. The minimum Gasteiger partial charge on any atom is -0.329 e. The highest BCUT2D eigenvalue weighted by molar-refractivity contribution is 4.61. The van der Waals surface area contributed by atoms with E-state index in [4.69, 9.17) is 11.5 Å². The lowest BCUT2D eigenvalue weighted by molar-refractivity contribution is 0.514. The van der Waals surface area contributed by atoms with Gasteiger partial charge in [-0.25, -0.2) is 0 Å². The number of nitrogens with two attached hydrogens (primary N) is 2. The zero-order chi connectivity index (χ0) is 17.7. The van der Waals surface area contributed by atoms with Crippen LogP contribution in [0.5, 0.6) is 0 Å². The summed E-state index contributed by atoms with van der Waals surface area (Å²) in [5.41, 5.74) is 11.3. The Morgan fingerprint density at radius 2 is 0.792 bits per heavy atom. The second-order valence-electron chi connectivity index (χ2n) is 7.79. The average Bonchev–Trinajstić information content (AvgIpc) is 2.60. The molecule has 0 heterocycles. The molecule has 0 rings (SSSR count). The molecule has 0 aromatic carbocycles. The van der Waals surface area contributed by atoms with Crippen LogP contribution < -0.4 is 11.5 Å². The van der Waals surface area contributed by atoms with E-state index in [1.807, 2.05) is 0 Å². The van der Waals surface area contributed by atoms with Crippen LogP contribution in [0, 0.1) is 0 Å². The van der Waals surface area contributed by atoms with Crippen LogP contribution in [0.15, 0.2) is 0 Å². The van der Waals surface area contributed by atoms with Crippen molar-refractivity contribution in [3.8, 4) is 0 Å². The smallest absolute Gasteiger partial charge is 0.0163 e. The monoisotopic (exact) mass is 340 g/mol. The molecule has 0 aliphatic carbocycles. The van der Waals surface area contributed by atoms with E-state index in [2.05, 4.69) is 6.92 Å². The van der Waals surface area contributed by atoms with Gasteiger partial charge in [-0.2, -0.15) is 0 Å². The highest BCUT2D eigenvalue weighted by atomic mass is 14.7. The first-order valence-corrected chi connectivity index (χ1v) is 11.3. The van der Waals surface area contributed by atoms with Crippen LogP contribution in [0.4, 0.5) is 0 Å². The minimum absolute atomic E-state index is 0.228. The van der Waals surface area contributed by atoms with Gasteiger partial charge in [-0.1, -0.05) is 122 Å². The van der Waals surface area contributed by atoms with E-state index in [1.165, 1.54) is 116 Å². The molecule has 0 aromatic heterocycles. The third-order valence-electron chi connectivity index (χ3n) is 5.23. The summed E-state index contributed by atoms with van der Waals surface area (Å²) in [6.07, 6.45) is 26.8. The SMILES string of the molecule is CCCCCCCCCCCCCCCCCCCCC(N)CN. The fourth-order valence-electron chi connectivity index (χ4n) is 3.43. The van der Waals surface area contributed by atoms with Crippen molar-refractivity contribution in [1.29, 1.82) is 0 Å². The summed E-state index contributed by atoms with van der Waals surface area (Å²) in [5.74, 6) is 0. The zero-order valence-corrected chi connectivity index (χ0v) is 16.9. The van der Waals surface area contributed by atoms with Gasteiger partial charge in [0.05, 0.1) is 0 Å². The Morgan fingerprint density at radius 3 is 1.08 bits per heavy atom. The summed E-state index contributed by atoms with van der Waals surface area (Å²) in [5, 5.41) is 0. The molecule has 24 heavy (non-hydrogen) atoms. The first-order valence-electron chi connectivity index (χ1n) is 11.3. The third kappa shape index (κ3) is 20.0. The minimum atomic E-state index is 0.228. The predicted molar refractivity (Wildman–Crippen MR) is 110 cm³/mol. The maximum absolute atomic E-state index is 5.82. The van der Waals surface area contributed by atoms with Crippen molar-refractivity contribution in [2.45, 2.75) is 135 Å². The lowest BCUT2D eigenvalue weighted by Crippen LogP contribution is -2.29. The van der Waals surface area contributed by atoms with Crippen LogP contribution in [0.1, 0.15) is 129 Å². The molecule has 2 heteroatoms. The van der Waals surface area contributed by atoms with Crippen LogP contribution in [-0.4, -0.2) is 12.6 Å². The van der Waals surface area contributed by atoms with Crippen molar-refractivity contribution in [3.63, 3.8) is 0 Å². The number of hydrogen-bond donors (Lipinski definition) is 2. The van der Waals surface area contributed by atoms with Crippen LogP contribution in [-0.2, 0) is 0 Å². The molecule has 0 amide bonds. The maximum Gasteiger partial charge on any atom is 0.0163 e. The van der Waals surface area contributed by atoms with Crippen LogP contribution >= 0.6 is 0 Å². The standard InChI is InChI=1S/C22H48N2/c1-2-3-4-5-6-7-8-9-10-11-12-13-14-15-16-17-18-19-20-22(24)21-23/h22H,2-21,23-24H2,1H3. The lowest BCUT2D eigenvalue weighted by atomic mass is 10.0. The van der Waals surface area contributed by atoms with Gasteiger partial charge in [-0.05, 0) is 6.42 Å². The van der Waals surface area contributed by atoms with Crippen molar-refractivity contribution >= 4 is 0 Å². The molecular formula is C22H48N2. The summed E-state index contributed by atoms with van der Waals surface area (Å²) in [7, 11) is 0. The highest BCUT2D eigenvalue weighted by Crippen LogP contribution is 2.14. The third-order valence-corrected chi connectivity index (χ3v) is 5.23. The van der Waals surface area contributed by atoms with E-state index in [0.717, 1.165) is 6.42 Å². The van der Waals surface area contributed by atoms with Crippen molar-refractivity contribution < 1.29 is 0 Å². The van der Waals surface area contributed by atoms with Crippen molar-refractivity contribution in [3.05, 3.63) is 0 Å². The molecule has 0 bridgehead atoms. The summed E-state index contributed by atoms with van der Waals surface area (Å²) >= 11 is 0. The molecular weight excluding hydrogens is 292 g/mol. The van der Waals surface area contributed by atoms with Gasteiger partial charge in [0.25, 0.3) is 0 Å². The second kappa shape index (κ2) is 21.0. The van der Waals surface area contributed by atoms with Gasteiger partial charge < -0.3 is 11.5 Å². The first-order chi connectivity index (χ1) is 11.8. The molecule has 1 atom stereocenters. The van der Waals surface area contributed by atoms with Gasteiger partial charge in [-0.3, -0.25) is 0 Å². The highest BCUT2D eigenvalue weighted by Gasteiger charge is 1.98. The van der Waals surface area contributed by atoms with Gasteiger partial charge in [0, 0.05) is 12.6 Å². The molecule has 1 unspecified atom stereocenters. The van der Waals surface area contributed by atoms with E-state index in [0.29, 0.717) is 6.54 Å². The summed E-state index contributed by atoms with van der Waals surface area (Å²) in [6.45, 7) is 2.93. The zero-order valence-electron chi connectivity index (χ0n) is 16.9. The summed E-state index contributed by atoms with van der Waals surface area (Å²) in [4.78, 5) is 0. The Hall–Kier alpha value is -0.0800. The van der Waals surface area contributed by atoms with Crippen LogP contribution in [0.2, 0.25) is 0 Å². The second-order valence-corrected chi connectivity index (χ2v) is 7.79. The topological polar surface area (TPSA) is 52.0 Å². The predicted octanol–water partition coefficient (Wildman–Crippen LogP) is 6.70. The van der Waals surface area contributed by atoms with Crippen LogP contribution in [0.3, 0.4) is 0 Å². The molecule has 4 N–H and O–H groups in total. The van der Waals surface area contributed by atoms with E-state index >= 15 is 0 Å². The fourth-order valence-corrected chi connectivity index (χ4v) is 3.43. The molecule has 0 radical (unpaired) electrons. The molecule has 0 aliphatic heterocycles. The van der Waals surface area contributed by atoms with E-state index in [-0.39, 0.29) is 6.04 Å². The number of hydrogen-bond acceptors (Lipinski definition) is 2. The van der Waals surface area contributed by atoms with Crippen LogP contribution in [0.25, 0.3) is 0 Å². The molecule has 0 fully saturated rings. The quantitative estimate of drug-likeness (QED) is 0.242. The summed E-state index contributed by atoms with van der Waals surface area (Å²) < 4.78 is 0. The normalized spacial score (nSPS) is 12.6. The van der Waals surface area contributed by atoms with E-state index < -0.39 is 0 Å². The fraction of sp³-hybridized carbons (Fsp3) is 1.00. The molecule has 0 aromatic rings. The Labute approximate surface area is 153 Å². The Morgan fingerprint density at radius 1 is 0.500 bits per heavy atom. The van der Waals surface area contributed by atoms with E-state index in [1.54, 1.807) is 0 Å². The number of rotatable bonds is 20. The number of unbranched alkanes of at least 4 members (excludes halogenated alkanes) is 17. The Balaban J connectivity index is 2.98. The first kappa shape index (κ1) is 23.9. The molecule has 0 saturated carbocycles. The maximum atomic E-state index is 5.82. The van der Waals surface area contributed by atoms with Crippen molar-refractivity contribution in [1.82, 2.24) is 0 Å². The molecule has 146 valence electrons. The van der Waals surface area contributed by atoms with Gasteiger partial charge >= 0.3 is 0 Å². The largest absolute Gasteiger partial charge is 0.329 e. The van der Waals surface area contributed by atoms with E-state index in [9.17, 15) is 0 Å². The van der Waals surface area contributed by atoms with Gasteiger partial charge in [0.2, 0.25) is 0 Å². The van der Waals surface area contributed by atoms with Gasteiger partial charge in [0.1, 0.15) is 0 Å². The summed E-state index contributed by atoms with van der Waals surface area (Å²) in [6, 6.07) is 0.228. The molecule has 0 saturated heterocycles. The van der Waals surface area contributed by atoms with Gasteiger partial charge in [-0.15, -0.1) is 0 Å². The Bertz CT molecular complexity index is 218. The molecule has 0 spiro atoms. The van der Waals surface area contributed by atoms with Crippen molar-refractivity contribution in [2.24, 2.45) is 11.5 Å². The van der Waals surface area contributed by atoms with Crippen molar-refractivity contribution in [2.75, 3.05) is 6.54 Å². The van der Waals surface area contributed by atoms with Gasteiger partial charge in [0.15, 0.2) is 0 Å². The molecule has 0 aliphatic rings. The average molecular weight is 341 g/mol. The molecule has 2 nitrogen and oxygen atoms in total. The Kier molecular flexibility index (Phi) is 20.9.